The second-order valence-electron chi connectivity index (χ2n) is 1.04. The normalized spacial score (nSPS) is 14.2. The van der Waals surface area contributed by atoms with E-state index in [-0.39, 0.29) is 0 Å². The van der Waals surface area contributed by atoms with Crippen LogP contribution in [0.1, 0.15) is 0 Å². The molecule has 0 bridgehead atoms. The summed E-state index contributed by atoms with van der Waals surface area (Å²) in [7, 11) is 0. The van der Waals surface area contributed by atoms with Gasteiger partial charge < -0.3 is 0 Å². The Bertz CT molecular complexity index is 65.4. The molecular formula is C2F5Sb. The fourth-order valence-corrected chi connectivity index (χ4v) is 0. The first-order chi connectivity index (χ1) is 3.25. The molecule has 0 aliphatic carbocycles. The van der Waals surface area contributed by atoms with Crippen LogP contribution in [0, 0.1) is 0 Å². The summed E-state index contributed by atoms with van der Waals surface area (Å²) in [5, 5.41) is 0. The van der Waals surface area contributed by atoms with Crippen LogP contribution in [-0.2, 0) is 0 Å². The second kappa shape index (κ2) is 2.01. The molecule has 6 heteroatoms. The zero-order valence-electron chi connectivity index (χ0n) is 3.34. The molecule has 0 aromatic heterocycles. The van der Waals surface area contributed by atoms with Crippen molar-refractivity contribution < 1.29 is 22.0 Å². The maximum absolute atomic E-state index is 11.1. The van der Waals surface area contributed by atoms with Crippen LogP contribution >= 0.6 is 0 Å². The van der Waals surface area contributed by atoms with Gasteiger partial charge in [-0.1, -0.05) is 0 Å². The average molecular weight is 241 g/mol. The van der Waals surface area contributed by atoms with Gasteiger partial charge in [0.05, 0.1) is 0 Å². The van der Waals surface area contributed by atoms with Gasteiger partial charge in [0.25, 0.3) is 0 Å². The third-order valence-corrected chi connectivity index (χ3v) is 1.06. The van der Waals surface area contributed by atoms with E-state index in [1.54, 1.807) is 0 Å². The summed E-state index contributed by atoms with van der Waals surface area (Å²) in [6.07, 6.45) is -5.37. The third-order valence-electron chi connectivity index (χ3n) is 0.341. The van der Waals surface area contributed by atoms with Crippen LogP contribution in [0.4, 0.5) is 22.0 Å². The Balaban J connectivity index is 4.02. The minimum atomic E-state index is -5.37. The molecule has 0 rings (SSSR count). The summed E-state index contributed by atoms with van der Waals surface area (Å²) in [5.41, 5.74) is 0. The van der Waals surface area contributed by atoms with Gasteiger partial charge in [-0.2, -0.15) is 0 Å². The van der Waals surface area contributed by atoms with E-state index >= 15 is 0 Å². The first kappa shape index (κ1) is 8.47. The van der Waals surface area contributed by atoms with Gasteiger partial charge in [0.1, 0.15) is 0 Å². The molecule has 0 saturated carbocycles. The van der Waals surface area contributed by atoms with Gasteiger partial charge in [-0.15, -0.1) is 0 Å². The summed E-state index contributed by atoms with van der Waals surface area (Å²) < 4.78 is 50.2. The predicted octanol–water partition coefficient (Wildman–Crippen LogP) is 1.31. The van der Waals surface area contributed by atoms with Gasteiger partial charge in [-0.3, -0.25) is 0 Å². The van der Waals surface area contributed by atoms with E-state index in [0.717, 1.165) is 0 Å². The van der Waals surface area contributed by atoms with E-state index < -0.39 is 33.1 Å². The monoisotopic (exact) mass is 240 g/mol. The molecule has 0 fully saturated rings. The molecule has 8 heavy (non-hydrogen) atoms. The summed E-state index contributed by atoms with van der Waals surface area (Å²) >= 11 is -0.542. The summed E-state index contributed by atoms with van der Waals surface area (Å²) in [4.78, 5) is 0. The van der Waals surface area contributed by atoms with Crippen LogP contribution < -0.4 is 0 Å². The Morgan fingerprint density at radius 3 is 1.00 bits per heavy atom. The summed E-state index contributed by atoms with van der Waals surface area (Å²) in [6.45, 7) is 0. The van der Waals surface area contributed by atoms with Crippen LogP contribution in [0.25, 0.3) is 0 Å². The maximum atomic E-state index is 11.1. The van der Waals surface area contributed by atoms with E-state index in [0.29, 0.717) is 0 Å². The van der Waals surface area contributed by atoms with E-state index in [1.165, 1.54) is 0 Å². The van der Waals surface area contributed by atoms with Crippen molar-refractivity contribution in [3.63, 3.8) is 0 Å². The van der Waals surface area contributed by atoms with Crippen molar-refractivity contribution in [2.75, 3.05) is 0 Å². The summed E-state index contributed by atoms with van der Waals surface area (Å²) in [6, 6.07) is 0. The van der Waals surface area contributed by atoms with Crippen molar-refractivity contribution in [3.05, 3.63) is 0 Å². The van der Waals surface area contributed by atoms with Crippen LogP contribution in [0.2, 0.25) is 0 Å². The van der Waals surface area contributed by atoms with Crippen molar-refractivity contribution in [1.29, 1.82) is 0 Å². The molecule has 2 radical (unpaired) electrons. The quantitative estimate of drug-likeness (QED) is 0.443. The van der Waals surface area contributed by atoms with E-state index in [1.807, 2.05) is 0 Å². The zero-order valence-corrected chi connectivity index (χ0v) is 5.89. The first-order valence-electron chi connectivity index (χ1n) is 1.42. The SMILES string of the molecule is FC(F)(F)[C](F)(F)[Sb]. The average Bonchev–Trinajstić information content (AvgIpc) is 1.25. The number of hydrogen-bond donors (Lipinski definition) is 0. The predicted molar refractivity (Wildman–Crippen MR) is 16.8 cm³/mol. The number of rotatable bonds is 0. The minimum absolute atomic E-state index is 0.542. The Morgan fingerprint density at radius 2 is 1.00 bits per heavy atom. The number of halogens is 5. The van der Waals surface area contributed by atoms with Gasteiger partial charge >= 0.3 is 55.0 Å². The van der Waals surface area contributed by atoms with Gasteiger partial charge in [0.2, 0.25) is 0 Å². The van der Waals surface area contributed by atoms with Crippen LogP contribution in [0.5, 0.6) is 0 Å². The summed E-state index contributed by atoms with van der Waals surface area (Å²) in [5.74, 6) is 0. The molecular weight excluding hydrogens is 241 g/mol. The van der Waals surface area contributed by atoms with E-state index in [4.69, 9.17) is 0 Å². The molecule has 0 heterocycles. The molecule has 0 spiro atoms. The fraction of sp³-hybridized carbons (Fsp3) is 1.00. The molecule has 0 aliphatic rings. The molecule has 0 atom stereocenters. The van der Waals surface area contributed by atoms with Gasteiger partial charge in [0.15, 0.2) is 0 Å². The van der Waals surface area contributed by atoms with Crippen LogP contribution in [0.15, 0.2) is 0 Å². The van der Waals surface area contributed by atoms with Crippen molar-refractivity contribution in [2.24, 2.45) is 0 Å². The van der Waals surface area contributed by atoms with Gasteiger partial charge in [-0.05, 0) is 0 Å². The van der Waals surface area contributed by atoms with Crippen LogP contribution in [0.3, 0.4) is 0 Å². The molecule has 0 aliphatic heterocycles. The first-order valence-corrected chi connectivity index (χ1v) is 2.69. The van der Waals surface area contributed by atoms with Crippen molar-refractivity contribution >= 4 is 23.0 Å². The molecule has 0 nitrogen and oxygen atoms in total. The second-order valence-corrected chi connectivity index (χ2v) is 2.64. The molecule has 0 N–H and O–H groups in total. The molecule has 0 aromatic carbocycles. The van der Waals surface area contributed by atoms with E-state index in [9.17, 15) is 22.0 Å². The van der Waals surface area contributed by atoms with Crippen LogP contribution in [-0.4, -0.2) is 33.1 Å². The van der Waals surface area contributed by atoms with Crippen molar-refractivity contribution in [3.8, 4) is 0 Å². The Labute approximate surface area is 55.5 Å². The Kier molecular flexibility index (Phi) is 2.13. The topological polar surface area (TPSA) is 0 Å². The zero-order chi connectivity index (χ0) is 7.00. The Hall–Kier alpha value is 0.468. The van der Waals surface area contributed by atoms with Crippen molar-refractivity contribution in [1.82, 2.24) is 0 Å². The van der Waals surface area contributed by atoms with Gasteiger partial charge in [-0.25, -0.2) is 0 Å². The fourth-order valence-electron chi connectivity index (χ4n) is 0. The van der Waals surface area contributed by atoms with Gasteiger partial charge in [0, 0.05) is 0 Å². The molecule has 0 amide bonds. The molecule has 0 saturated heterocycles. The Morgan fingerprint density at radius 1 is 0.875 bits per heavy atom. The molecule has 0 aromatic rings. The number of alkyl halides is 5. The number of hydrogen-bond acceptors (Lipinski definition) is 0. The molecule has 48 valence electrons. The molecule has 0 unspecified atom stereocenters. The third kappa shape index (κ3) is 2.16. The van der Waals surface area contributed by atoms with E-state index in [2.05, 4.69) is 0 Å². The standard InChI is InChI=1S/C2F5.Sb/c3-1(4)2(5,6)7;. The van der Waals surface area contributed by atoms with Crippen molar-refractivity contribution in [2.45, 2.75) is 10.0 Å².